The Morgan fingerprint density at radius 2 is 2.00 bits per heavy atom. The van der Waals surface area contributed by atoms with E-state index in [9.17, 15) is 9.59 Å². The maximum absolute atomic E-state index is 12.4. The fourth-order valence-corrected chi connectivity index (χ4v) is 2.36. The van der Waals surface area contributed by atoms with Crippen LogP contribution in [0.25, 0.3) is 10.9 Å². The van der Waals surface area contributed by atoms with Crippen LogP contribution in [-0.4, -0.2) is 15.9 Å². The summed E-state index contributed by atoms with van der Waals surface area (Å²) in [5, 5.41) is 3.53. The number of aromatic nitrogens is 2. The molecule has 0 aliphatic rings. The second-order valence-electron chi connectivity index (χ2n) is 5.05. The number of para-hydroxylation sites is 1. The highest BCUT2D eigenvalue weighted by molar-refractivity contribution is 6.05. The fourth-order valence-electron chi connectivity index (χ4n) is 2.36. The standard InChI is InChI=1S/C17H15N3O2/c1-11-5-4-6-12(19-11)10-18-17(22)14-9-16(21)20-15-8-3-2-7-13(14)15/h2-9H,10H2,1H3,(H,18,22)(H,20,21). The molecule has 2 N–H and O–H groups in total. The van der Waals surface area contributed by atoms with E-state index in [1.54, 1.807) is 6.07 Å². The Balaban J connectivity index is 1.88. The van der Waals surface area contributed by atoms with Crippen molar-refractivity contribution in [3.05, 3.63) is 75.8 Å². The van der Waals surface area contributed by atoms with Crippen molar-refractivity contribution in [1.82, 2.24) is 15.3 Å². The highest BCUT2D eigenvalue weighted by Gasteiger charge is 2.11. The highest BCUT2D eigenvalue weighted by atomic mass is 16.2. The minimum Gasteiger partial charge on any atom is -0.346 e. The zero-order valence-corrected chi connectivity index (χ0v) is 12.1. The van der Waals surface area contributed by atoms with Gasteiger partial charge in [0.25, 0.3) is 5.91 Å². The van der Waals surface area contributed by atoms with Gasteiger partial charge in [0.2, 0.25) is 5.56 Å². The summed E-state index contributed by atoms with van der Waals surface area (Å²) in [6.45, 7) is 2.22. The first-order valence-corrected chi connectivity index (χ1v) is 6.96. The number of hydrogen-bond donors (Lipinski definition) is 2. The van der Waals surface area contributed by atoms with Crippen LogP contribution >= 0.6 is 0 Å². The van der Waals surface area contributed by atoms with Crippen molar-refractivity contribution in [3.63, 3.8) is 0 Å². The van der Waals surface area contributed by atoms with Crippen LogP contribution in [0.15, 0.2) is 53.3 Å². The van der Waals surface area contributed by atoms with Crippen LogP contribution < -0.4 is 10.9 Å². The molecule has 0 fully saturated rings. The van der Waals surface area contributed by atoms with Gasteiger partial charge in [-0.05, 0) is 25.1 Å². The van der Waals surface area contributed by atoms with Gasteiger partial charge in [-0.3, -0.25) is 14.6 Å². The smallest absolute Gasteiger partial charge is 0.252 e. The van der Waals surface area contributed by atoms with Gasteiger partial charge in [0.15, 0.2) is 0 Å². The molecule has 5 heteroatoms. The third-order valence-corrected chi connectivity index (χ3v) is 3.37. The first-order chi connectivity index (χ1) is 10.6. The lowest BCUT2D eigenvalue weighted by atomic mass is 10.1. The zero-order valence-electron chi connectivity index (χ0n) is 12.1. The Kier molecular flexibility index (Phi) is 3.70. The van der Waals surface area contributed by atoms with Crippen LogP contribution in [0.3, 0.4) is 0 Å². The molecular weight excluding hydrogens is 278 g/mol. The Bertz CT molecular complexity index is 900. The molecule has 3 rings (SSSR count). The molecule has 0 unspecified atom stereocenters. The van der Waals surface area contributed by atoms with Crippen molar-refractivity contribution >= 4 is 16.8 Å². The van der Waals surface area contributed by atoms with Crippen LogP contribution in [0.1, 0.15) is 21.7 Å². The minimum absolute atomic E-state index is 0.286. The molecule has 0 saturated carbocycles. The summed E-state index contributed by atoms with van der Waals surface area (Å²) in [5.41, 5.74) is 2.40. The molecule has 2 aromatic heterocycles. The lowest BCUT2D eigenvalue weighted by Gasteiger charge is -2.08. The van der Waals surface area contributed by atoms with E-state index < -0.39 is 0 Å². The largest absolute Gasteiger partial charge is 0.346 e. The van der Waals surface area contributed by atoms with E-state index in [-0.39, 0.29) is 11.5 Å². The molecule has 1 aromatic carbocycles. The van der Waals surface area contributed by atoms with Crippen LogP contribution in [0.2, 0.25) is 0 Å². The third kappa shape index (κ3) is 2.88. The minimum atomic E-state index is -0.294. The van der Waals surface area contributed by atoms with Gasteiger partial charge in [-0.2, -0.15) is 0 Å². The molecule has 0 aliphatic carbocycles. The van der Waals surface area contributed by atoms with Crippen LogP contribution in [0, 0.1) is 6.92 Å². The molecule has 0 atom stereocenters. The first-order valence-electron chi connectivity index (χ1n) is 6.96. The van der Waals surface area contributed by atoms with Crippen molar-refractivity contribution in [1.29, 1.82) is 0 Å². The van der Waals surface area contributed by atoms with Gasteiger partial charge in [-0.25, -0.2) is 0 Å². The van der Waals surface area contributed by atoms with Crippen molar-refractivity contribution in [2.45, 2.75) is 13.5 Å². The van der Waals surface area contributed by atoms with Gasteiger partial charge in [0.1, 0.15) is 0 Å². The summed E-state index contributed by atoms with van der Waals surface area (Å²) in [4.78, 5) is 31.1. The van der Waals surface area contributed by atoms with Gasteiger partial charge in [0.05, 0.1) is 17.8 Å². The van der Waals surface area contributed by atoms with Gasteiger partial charge in [-0.1, -0.05) is 24.3 Å². The monoisotopic (exact) mass is 293 g/mol. The van der Waals surface area contributed by atoms with Crippen LogP contribution in [-0.2, 0) is 6.54 Å². The lowest BCUT2D eigenvalue weighted by molar-refractivity contribution is 0.0952. The Morgan fingerprint density at radius 1 is 1.18 bits per heavy atom. The average Bonchev–Trinajstić information content (AvgIpc) is 2.52. The number of rotatable bonds is 3. The predicted molar refractivity (Wildman–Crippen MR) is 84.7 cm³/mol. The number of H-pyrrole nitrogens is 1. The summed E-state index contributed by atoms with van der Waals surface area (Å²) in [6, 6.07) is 14.2. The number of hydrogen-bond acceptors (Lipinski definition) is 3. The number of carbonyl (C=O) groups excluding carboxylic acids is 1. The summed E-state index contributed by atoms with van der Waals surface area (Å²) in [5.74, 6) is -0.286. The second-order valence-corrected chi connectivity index (χ2v) is 5.05. The zero-order chi connectivity index (χ0) is 15.5. The Labute approximate surface area is 127 Å². The van der Waals surface area contributed by atoms with Crippen molar-refractivity contribution in [3.8, 4) is 0 Å². The van der Waals surface area contributed by atoms with Gasteiger partial charge in [-0.15, -0.1) is 0 Å². The summed E-state index contributed by atoms with van der Waals surface area (Å²) in [6.07, 6.45) is 0. The maximum atomic E-state index is 12.4. The number of fused-ring (bicyclic) bond motifs is 1. The maximum Gasteiger partial charge on any atom is 0.252 e. The third-order valence-electron chi connectivity index (χ3n) is 3.37. The summed E-state index contributed by atoms with van der Waals surface area (Å²) in [7, 11) is 0. The molecular formula is C17H15N3O2. The van der Waals surface area contributed by atoms with E-state index in [1.807, 2.05) is 43.3 Å². The second kappa shape index (κ2) is 5.81. The molecule has 0 saturated heterocycles. The quantitative estimate of drug-likeness (QED) is 0.777. The Hall–Kier alpha value is -2.95. The highest BCUT2D eigenvalue weighted by Crippen LogP contribution is 2.14. The normalized spacial score (nSPS) is 10.6. The SMILES string of the molecule is Cc1cccc(CNC(=O)c2cc(=O)[nH]c3ccccc23)n1. The first kappa shape index (κ1) is 14.0. The van der Waals surface area contributed by atoms with Crippen molar-refractivity contribution in [2.75, 3.05) is 0 Å². The number of aromatic amines is 1. The number of benzene rings is 1. The molecule has 0 aliphatic heterocycles. The predicted octanol–water partition coefficient (Wildman–Crippen LogP) is 2.16. The summed E-state index contributed by atoms with van der Waals surface area (Å²) >= 11 is 0. The van der Waals surface area contributed by atoms with E-state index in [0.717, 1.165) is 16.8 Å². The molecule has 1 amide bonds. The lowest BCUT2D eigenvalue weighted by Crippen LogP contribution is -2.25. The molecule has 5 nitrogen and oxygen atoms in total. The van der Waals surface area contributed by atoms with E-state index >= 15 is 0 Å². The number of amides is 1. The molecule has 3 aromatic rings. The van der Waals surface area contributed by atoms with Crippen LogP contribution in [0.5, 0.6) is 0 Å². The summed E-state index contributed by atoms with van der Waals surface area (Å²) < 4.78 is 0. The molecule has 22 heavy (non-hydrogen) atoms. The number of nitrogens with one attached hydrogen (secondary N) is 2. The molecule has 2 heterocycles. The number of aryl methyl sites for hydroxylation is 1. The van der Waals surface area contributed by atoms with Crippen molar-refractivity contribution < 1.29 is 4.79 Å². The van der Waals surface area contributed by atoms with Gasteiger partial charge >= 0.3 is 0 Å². The molecule has 0 spiro atoms. The van der Waals surface area contributed by atoms with E-state index in [2.05, 4.69) is 15.3 Å². The molecule has 0 radical (unpaired) electrons. The average molecular weight is 293 g/mol. The van der Waals surface area contributed by atoms with E-state index in [4.69, 9.17) is 0 Å². The Morgan fingerprint density at radius 3 is 2.82 bits per heavy atom. The van der Waals surface area contributed by atoms with Gasteiger partial charge in [0, 0.05) is 22.7 Å². The number of nitrogens with zero attached hydrogens (tertiary/aromatic N) is 1. The van der Waals surface area contributed by atoms with E-state index in [1.165, 1.54) is 6.07 Å². The molecule has 110 valence electrons. The van der Waals surface area contributed by atoms with Gasteiger partial charge < -0.3 is 10.3 Å². The number of pyridine rings is 2. The fraction of sp³-hybridized carbons (Fsp3) is 0.118. The van der Waals surface area contributed by atoms with E-state index in [0.29, 0.717) is 17.6 Å². The molecule has 0 bridgehead atoms. The van der Waals surface area contributed by atoms with Crippen molar-refractivity contribution in [2.24, 2.45) is 0 Å². The topological polar surface area (TPSA) is 74.8 Å². The number of carbonyl (C=O) groups is 1. The van der Waals surface area contributed by atoms with Crippen LogP contribution in [0.4, 0.5) is 0 Å².